The first-order valence-corrected chi connectivity index (χ1v) is 8.98. The number of hydrogen-bond acceptors (Lipinski definition) is 7. The van der Waals surface area contributed by atoms with Crippen molar-refractivity contribution in [3.63, 3.8) is 0 Å². The molecule has 7 nitrogen and oxygen atoms in total. The maximum absolute atomic E-state index is 12.4. The van der Waals surface area contributed by atoms with Gasteiger partial charge in [0, 0.05) is 24.6 Å². The zero-order valence-corrected chi connectivity index (χ0v) is 15.3. The molecule has 1 N–H and O–H groups in total. The zero-order chi connectivity index (χ0) is 18.2. The van der Waals surface area contributed by atoms with Crippen LogP contribution in [0.25, 0.3) is 0 Å². The predicted molar refractivity (Wildman–Crippen MR) is 93.2 cm³/mol. The van der Waals surface area contributed by atoms with Crippen molar-refractivity contribution in [2.75, 3.05) is 6.54 Å². The van der Waals surface area contributed by atoms with Crippen LogP contribution in [0.2, 0.25) is 0 Å². The van der Waals surface area contributed by atoms with E-state index in [1.165, 1.54) is 11.8 Å². The van der Waals surface area contributed by atoms with E-state index in [4.69, 9.17) is 9.26 Å². The molecule has 134 valence electrons. The third-order valence-corrected chi connectivity index (χ3v) is 4.27. The third-order valence-electron chi connectivity index (χ3n) is 3.23. The van der Waals surface area contributed by atoms with Crippen LogP contribution in [-0.2, 0) is 15.3 Å². The summed E-state index contributed by atoms with van der Waals surface area (Å²) in [6, 6.07) is 5.11. The average Bonchev–Trinajstić information content (AvgIpc) is 3.03. The Morgan fingerprint density at radius 1 is 1.44 bits per heavy atom. The fraction of sp³-hybridized carbons (Fsp3) is 0.412. The Hall–Kier alpha value is -2.35. The minimum atomic E-state index is -0.865. The lowest BCUT2D eigenvalue weighted by Gasteiger charge is -2.14. The summed E-state index contributed by atoms with van der Waals surface area (Å²) in [6.07, 6.45) is 1.55. The highest BCUT2D eigenvalue weighted by molar-refractivity contribution is 7.98. The van der Waals surface area contributed by atoms with Crippen LogP contribution in [0.4, 0.5) is 0 Å². The number of hydrogen-bond donors (Lipinski definition) is 1. The standard InChI is InChI=1S/C17H21N3O4S/c1-4-7-18-15(21)12(3)23-17(22)14-6-5-8-19-16(14)25-10-13-9-11(2)24-20-13/h5-6,8-9,12H,4,7,10H2,1-3H3,(H,18,21)/t12-/m0/s1. The number of carbonyl (C=O) groups is 2. The highest BCUT2D eigenvalue weighted by atomic mass is 32.2. The van der Waals surface area contributed by atoms with E-state index in [9.17, 15) is 9.59 Å². The van der Waals surface area contributed by atoms with Gasteiger partial charge in [-0.05, 0) is 32.4 Å². The van der Waals surface area contributed by atoms with Crippen molar-refractivity contribution < 1.29 is 18.8 Å². The number of carbonyl (C=O) groups excluding carboxylic acids is 2. The van der Waals surface area contributed by atoms with Crippen molar-refractivity contribution in [1.82, 2.24) is 15.5 Å². The van der Waals surface area contributed by atoms with Crippen molar-refractivity contribution in [3.8, 4) is 0 Å². The van der Waals surface area contributed by atoms with Gasteiger partial charge in [-0.2, -0.15) is 0 Å². The van der Waals surface area contributed by atoms with Crippen LogP contribution in [-0.4, -0.2) is 34.7 Å². The molecule has 2 heterocycles. The third kappa shape index (κ3) is 5.60. The highest BCUT2D eigenvalue weighted by Gasteiger charge is 2.21. The van der Waals surface area contributed by atoms with E-state index < -0.39 is 12.1 Å². The second-order valence-electron chi connectivity index (χ2n) is 5.41. The molecule has 0 bridgehead atoms. The number of ether oxygens (including phenoxy) is 1. The van der Waals surface area contributed by atoms with E-state index in [0.717, 1.165) is 17.9 Å². The molecule has 0 unspecified atom stereocenters. The lowest BCUT2D eigenvalue weighted by molar-refractivity contribution is -0.129. The normalized spacial score (nSPS) is 11.8. The second kappa shape index (κ2) is 9.22. The van der Waals surface area contributed by atoms with Crippen molar-refractivity contribution in [2.45, 2.75) is 44.1 Å². The first-order chi connectivity index (χ1) is 12.0. The monoisotopic (exact) mass is 363 g/mol. The quantitative estimate of drug-likeness (QED) is 0.569. The summed E-state index contributed by atoms with van der Waals surface area (Å²) in [5.41, 5.74) is 1.09. The molecule has 0 saturated heterocycles. The molecular weight excluding hydrogens is 342 g/mol. The lowest BCUT2D eigenvalue weighted by atomic mass is 10.3. The molecule has 1 atom stereocenters. The Kier molecular flexibility index (Phi) is 7.00. The summed E-state index contributed by atoms with van der Waals surface area (Å²) in [5.74, 6) is 0.349. The molecular formula is C17H21N3O4S. The van der Waals surface area contributed by atoms with Gasteiger partial charge in [0.15, 0.2) is 6.10 Å². The van der Waals surface area contributed by atoms with E-state index in [1.54, 1.807) is 25.3 Å². The number of pyridine rings is 1. The topological polar surface area (TPSA) is 94.3 Å². The van der Waals surface area contributed by atoms with E-state index in [-0.39, 0.29) is 5.91 Å². The molecule has 2 aromatic rings. The first-order valence-electron chi connectivity index (χ1n) is 8.00. The average molecular weight is 363 g/mol. The smallest absolute Gasteiger partial charge is 0.341 e. The molecule has 0 fully saturated rings. The highest BCUT2D eigenvalue weighted by Crippen LogP contribution is 2.24. The molecule has 8 heteroatoms. The molecule has 2 rings (SSSR count). The Morgan fingerprint density at radius 2 is 2.24 bits per heavy atom. The predicted octanol–water partition coefficient (Wildman–Crippen LogP) is 2.74. The molecule has 2 aromatic heterocycles. The van der Waals surface area contributed by atoms with Crippen molar-refractivity contribution in [1.29, 1.82) is 0 Å². The molecule has 0 aliphatic carbocycles. The van der Waals surface area contributed by atoms with Gasteiger partial charge >= 0.3 is 5.97 Å². The number of amides is 1. The number of rotatable bonds is 8. The van der Waals surface area contributed by atoms with Crippen LogP contribution >= 0.6 is 11.8 Å². The molecule has 0 saturated carbocycles. The first kappa shape index (κ1) is 19.0. The van der Waals surface area contributed by atoms with Gasteiger partial charge in [0.05, 0.1) is 11.3 Å². The summed E-state index contributed by atoms with van der Waals surface area (Å²) >= 11 is 1.36. The summed E-state index contributed by atoms with van der Waals surface area (Å²) in [5, 5.41) is 7.13. The fourth-order valence-corrected chi connectivity index (χ4v) is 2.82. The Morgan fingerprint density at radius 3 is 2.92 bits per heavy atom. The fourth-order valence-electron chi connectivity index (χ4n) is 1.96. The van der Waals surface area contributed by atoms with Crippen LogP contribution < -0.4 is 5.32 Å². The number of aromatic nitrogens is 2. The summed E-state index contributed by atoms with van der Waals surface area (Å²) in [7, 11) is 0. The lowest BCUT2D eigenvalue weighted by Crippen LogP contribution is -2.36. The van der Waals surface area contributed by atoms with Gasteiger partial charge in [0.1, 0.15) is 10.8 Å². The molecule has 0 aliphatic heterocycles. The van der Waals surface area contributed by atoms with Gasteiger partial charge in [0.2, 0.25) is 0 Å². The zero-order valence-electron chi connectivity index (χ0n) is 14.4. The van der Waals surface area contributed by atoms with Gasteiger partial charge in [0.25, 0.3) is 5.91 Å². The largest absolute Gasteiger partial charge is 0.449 e. The number of nitrogens with zero attached hydrogens (tertiary/aromatic N) is 2. The van der Waals surface area contributed by atoms with E-state index in [1.807, 2.05) is 19.9 Å². The van der Waals surface area contributed by atoms with Crippen LogP contribution in [0, 0.1) is 6.92 Å². The number of nitrogens with one attached hydrogen (secondary N) is 1. The van der Waals surface area contributed by atoms with Gasteiger partial charge in [-0.3, -0.25) is 4.79 Å². The van der Waals surface area contributed by atoms with Gasteiger partial charge in [-0.1, -0.05) is 23.8 Å². The minimum Gasteiger partial charge on any atom is -0.449 e. The minimum absolute atomic E-state index is 0.314. The van der Waals surface area contributed by atoms with Crippen LogP contribution in [0.15, 0.2) is 33.9 Å². The van der Waals surface area contributed by atoms with Gasteiger partial charge in [-0.25, -0.2) is 9.78 Å². The SMILES string of the molecule is CCCNC(=O)[C@H](C)OC(=O)c1cccnc1SCc1cc(C)on1. The maximum atomic E-state index is 12.4. The molecule has 0 aliphatic rings. The molecule has 25 heavy (non-hydrogen) atoms. The van der Waals surface area contributed by atoms with Crippen LogP contribution in [0.5, 0.6) is 0 Å². The van der Waals surface area contributed by atoms with Crippen LogP contribution in [0.1, 0.15) is 42.1 Å². The summed E-state index contributed by atoms with van der Waals surface area (Å²) in [4.78, 5) is 28.4. The summed E-state index contributed by atoms with van der Waals surface area (Å²) < 4.78 is 10.3. The van der Waals surface area contributed by atoms with Crippen molar-refractivity contribution in [2.24, 2.45) is 0 Å². The summed E-state index contributed by atoms with van der Waals surface area (Å²) in [6.45, 7) is 5.86. The Labute approximate surface area is 150 Å². The Bertz CT molecular complexity index is 732. The molecule has 1 amide bonds. The van der Waals surface area contributed by atoms with Gasteiger partial charge in [-0.15, -0.1) is 0 Å². The number of thioether (sulfide) groups is 1. The number of esters is 1. The van der Waals surface area contributed by atoms with E-state index >= 15 is 0 Å². The van der Waals surface area contributed by atoms with E-state index in [2.05, 4.69) is 15.5 Å². The van der Waals surface area contributed by atoms with Crippen molar-refractivity contribution in [3.05, 3.63) is 41.4 Å². The van der Waals surface area contributed by atoms with Crippen molar-refractivity contribution >= 4 is 23.6 Å². The second-order valence-corrected chi connectivity index (χ2v) is 6.38. The maximum Gasteiger partial charge on any atom is 0.341 e. The molecule has 0 aromatic carbocycles. The molecule has 0 radical (unpaired) electrons. The molecule has 0 spiro atoms. The Balaban J connectivity index is 2.00. The van der Waals surface area contributed by atoms with E-state index in [0.29, 0.717) is 22.9 Å². The number of aryl methyl sites for hydroxylation is 1. The van der Waals surface area contributed by atoms with Gasteiger partial charge < -0.3 is 14.6 Å². The van der Waals surface area contributed by atoms with Crippen LogP contribution in [0.3, 0.4) is 0 Å².